The fraction of sp³-hybridized carbons (Fsp3) is 0.739. The van der Waals surface area contributed by atoms with Crippen LogP contribution >= 0.6 is 11.8 Å². The number of aliphatic hydroxyl groups is 1. The molecule has 0 aliphatic rings. The lowest BCUT2D eigenvalue weighted by atomic mass is 10.0. The van der Waals surface area contributed by atoms with Crippen molar-refractivity contribution in [2.45, 2.75) is 90.9 Å². The minimum absolute atomic E-state index is 0.140. The molecular weight excluding hydrogens is 343 g/mol. The average Bonchev–Trinajstić information content (AvgIpc) is 2.68. The minimum Gasteiger partial charge on any atom is -0.396 e. The van der Waals surface area contributed by atoms with E-state index in [0.717, 1.165) is 18.6 Å². The summed E-state index contributed by atoms with van der Waals surface area (Å²) in [6.45, 7) is 4.33. The lowest BCUT2D eigenvalue weighted by Crippen LogP contribution is -1.89. The van der Waals surface area contributed by atoms with Crippen LogP contribution in [0.1, 0.15) is 90.0 Å². The van der Waals surface area contributed by atoms with E-state index in [0.29, 0.717) is 6.61 Å². The van der Waals surface area contributed by atoms with Crippen LogP contribution in [0.25, 0.3) is 0 Å². The second kappa shape index (κ2) is 20.8. The molecule has 0 unspecified atom stereocenters. The van der Waals surface area contributed by atoms with E-state index in [9.17, 15) is 4.39 Å². The number of unbranched alkanes of at least 4 members (excludes halogenated alkanes) is 9. The molecule has 0 aliphatic carbocycles. The van der Waals surface area contributed by atoms with Gasteiger partial charge >= 0.3 is 0 Å². The topological polar surface area (TPSA) is 20.2 Å². The van der Waals surface area contributed by atoms with Gasteiger partial charge in [-0.1, -0.05) is 77.3 Å². The number of aryl methyl sites for hydroxylation is 1. The lowest BCUT2D eigenvalue weighted by molar-refractivity contribution is 0.296. The first-order valence-corrected chi connectivity index (χ1v) is 11.9. The minimum atomic E-state index is -0.140. The van der Waals surface area contributed by atoms with Crippen LogP contribution in [0.2, 0.25) is 0 Å². The predicted octanol–water partition coefficient (Wildman–Crippen LogP) is 7.41. The van der Waals surface area contributed by atoms with E-state index in [1.165, 1.54) is 75.5 Å². The van der Waals surface area contributed by atoms with E-state index in [-0.39, 0.29) is 5.82 Å². The molecule has 152 valence electrons. The average molecular weight is 385 g/mol. The molecule has 0 aromatic heterocycles. The summed E-state index contributed by atoms with van der Waals surface area (Å²) in [5.41, 5.74) is 1.26. The Labute approximate surface area is 166 Å². The molecule has 0 radical (unpaired) electrons. The van der Waals surface area contributed by atoms with E-state index in [4.69, 9.17) is 5.11 Å². The van der Waals surface area contributed by atoms with Crippen molar-refractivity contribution in [1.82, 2.24) is 0 Å². The molecule has 0 aliphatic heterocycles. The molecule has 1 N–H and O–H groups in total. The van der Waals surface area contributed by atoms with Gasteiger partial charge in [-0.25, -0.2) is 4.39 Å². The molecule has 0 atom stereocenters. The van der Waals surface area contributed by atoms with Crippen LogP contribution in [0.15, 0.2) is 24.3 Å². The number of hydrogen-bond acceptors (Lipinski definition) is 2. The van der Waals surface area contributed by atoms with Gasteiger partial charge in [0.2, 0.25) is 0 Å². The lowest BCUT2D eigenvalue weighted by Gasteiger charge is -2.04. The fourth-order valence-corrected chi connectivity index (χ4v) is 3.81. The molecule has 0 saturated carbocycles. The van der Waals surface area contributed by atoms with Gasteiger partial charge in [0.15, 0.2) is 0 Å². The maximum Gasteiger partial charge on any atom is 0.123 e. The molecule has 3 heteroatoms. The molecule has 26 heavy (non-hydrogen) atoms. The van der Waals surface area contributed by atoms with Gasteiger partial charge in [-0.2, -0.15) is 11.8 Å². The number of aliphatic hydroxyl groups excluding tert-OH is 1. The standard InChI is InChI=1S/C21H35FOS.C2H6/c22-21-15-13-20(14-16-21)12-9-7-5-3-1-2-4-6-8-10-18-24-19-11-17-23;1-2/h13-16,23H,1-12,17-19H2;1-2H3. The molecule has 0 fully saturated rings. The quantitative estimate of drug-likeness (QED) is 0.299. The molecule has 1 rings (SSSR count). The predicted molar refractivity (Wildman–Crippen MR) is 117 cm³/mol. The highest BCUT2D eigenvalue weighted by molar-refractivity contribution is 7.99. The second-order valence-corrected chi connectivity index (χ2v) is 7.83. The number of rotatable bonds is 16. The van der Waals surface area contributed by atoms with E-state index in [1.54, 1.807) is 12.1 Å². The third-order valence-electron chi connectivity index (χ3n) is 4.36. The summed E-state index contributed by atoms with van der Waals surface area (Å²) in [4.78, 5) is 0. The first-order chi connectivity index (χ1) is 12.8. The van der Waals surface area contributed by atoms with Crippen LogP contribution < -0.4 is 0 Å². The van der Waals surface area contributed by atoms with E-state index < -0.39 is 0 Å². The zero-order valence-corrected chi connectivity index (χ0v) is 18.0. The summed E-state index contributed by atoms with van der Waals surface area (Å²) >= 11 is 1.98. The SMILES string of the molecule is CC.OCCCSCCCCCCCCCCCCc1ccc(F)cc1. The monoisotopic (exact) mass is 384 g/mol. The summed E-state index contributed by atoms with van der Waals surface area (Å²) < 4.78 is 12.8. The Morgan fingerprint density at radius 1 is 0.692 bits per heavy atom. The highest BCUT2D eigenvalue weighted by atomic mass is 32.2. The Kier molecular flexibility index (Phi) is 20.3. The molecule has 0 bridgehead atoms. The number of hydrogen-bond donors (Lipinski definition) is 1. The molecule has 1 aromatic rings. The van der Waals surface area contributed by atoms with Crippen LogP contribution in [0.4, 0.5) is 4.39 Å². The molecule has 0 heterocycles. The van der Waals surface area contributed by atoms with Crippen molar-refractivity contribution < 1.29 is 9.50 Å². The second-order valence-electron chi connectivity index (χ2n) is 6.60. The van der Waals surface area contributed by atoms with Crippen LogP contribution in [0.3, 0.4) is 0 Å². The van der Waals surface area contributed by atoms with Crippen molar-refractivity contribution in [3.63, 3.8) is 0 Å². The highest BCUT2D eigenvalue weighted by Gasteiger charge is 1.96. The molecule has 0 amide bonds. The van der Waals surface area contributed by atoms with E-state index in [1.807, 2.05) is 37.7 Å². The van der Waals surface area contributed by atoms with Crippen LogP contribution in [0, 0.1) is 5.82 Å². The fourth-order valence-electron chi connectivity index (χ4n) is 2.87. The Hall–Kier alpha value is -0.540. The van der Waals surface area contributed by atoms with Gasteiger partial charge in [-0.15, -0.1) is 0 Å². The van der Waals surface area contributed by atoms with Crippen molar-refractivity contribution in [1.29, 1.82) is 0 Å². The third-order valence-corrected chi connectivity index (χ3v) is 5.52. The van der Waals surface area contributed by atoms with Gasteiger partial charge in [0, 0.05) is 6.61 Å². The summed E-state index contributed by atoms with van der Waals surface area (Å²) in [5, 5.41) is 8.69. The Morgan fingerprint density at radius 3 is 1.69 bits per heavy atom. The first kappa shape index (κ1) is 25.5. The summed E-state index contributed by atoms with van der Waals surface area (Å²) in [6.07, 6.45) is 15.5. The maximum absolute atomic E-state index is 12.8. The van der Waals surface area contributed by atoms with Gasteiger partial charge in [-0.3, -0.25) is 0 Å². The third kappa shape index (κ3) is 16.9. The van der Waals surface area contributed by atoms with Gasteiger partial charge in [0.25, 0.3) is 0 Å². The summed E-state index contributed by atoms with van der Waals surface area (Å²) in [7, 11) is 0. The van der Waals surface area contributed by atoms with Crippen molar-refractivity contribution in [2.75, 3.05) is 18.1 Å². The number of benzene rings is 1. The molecule has 1 aromatic carbocycles. The zero-order chi connectivity index (χ0) is 19.3. The van der Waals surface area contributed by atoms with Crippen molar-refractivity contribution in [3.05, 3.63) is 35.6 Å². The van der Waals surface area contributed by atoms with Gasteiger partial charge in [0.1, 0.15) is 5.82 Å². The van der Waals surface area contributed by atoms with Gasteiger partial charge in [0.05, 0.1) is 0 Å². The maximum atomic E-state index is 12.8. The Bertz CT molecular complexity index is 380. The zero-order valence-electron chi connectivity index (χ0n) is 17.1. The molecular formula is C23H41FOS. The van der Waals surface area contributed by atoms with E-state index in [2.05, 4.69) is 0 Å². The molecule has 0 spiro atoms. The Balaban J connectivity index is 0.00000301. The van der Waals surface area contributed by atoms with Crippen LogP contribution in [0.5, 0.6) is 0 Å². The summed E-state index contributed by atoms with van der Waals surface area (Å²) in [5.74, 6) is 2.23. The summed E-state index contributed by atoms with van der Waals surface area (Å²) in [6, 6.07) is 6.92. The molecule has 1 nitrogen and oxygen atoms in total. The van der Waals surface area contributed by atoms with Crippen LogP contribution in [-0.2, 0) is 6.42 Å². The normalized spacial score (nSPS) is 10.5. The largest absolute Gasteiger partial charge is 0.396 e. The van der Waals surface area contributed by atoms with E-state index >= 15 is 0 Å². The first-order valence-electron chi connectivity index (χ1n) is 10.8. The number of thioether (sulfide) groups is 1. The highest BCUT2D eigenvalue weighted by Crippen LogP contribution is 2.14. The van der Waals surface area contributed by atoms with Crippen molar-refractivity contribution in [2.24, 2.45) is 0 Å². The smallest absolute Gasteiger partial charge is 0.123 e. The molecule has 0 saturated heterocycles. The van der Waals surface area contributed by atoms with Crippen molar-refractivity contribution in [3.8, 4) is 0 Å². The van der Waals surface area contributed by atoms with Gasteiger partial charge in [-0.05, 0) is 54.9 Å². The Morgan fingerprint density at radius 2 is 1.15 bits per heavy atom. The number of halogens is 1. The van der Waals surface area contributed by atoms with Crippen LogP contribution in [-0.4, -0.2) is 23.2 Å². The van der Waals surface area contributed by atoms with Gasteiger partial charge < -0.3 is 5.11 Å². The van der Waals surface area contributed by atoms with Crippen molar-refractivity contribution >= 4 is 11.8 Å².